The van der Waals surface area contributed by atoms with Crippen molar-refractivity contribution >= 4 is 0 Å². The summed E-state index contributed by atoms with van der Waals surface area (Å²) < 4.78 is 0. The van der Waals surface area contributed by atoms with Crippen LogP contribution in [-0.2, 0) is 0 Å². The van der Waals surface area contributed by atoms with Gasteiger partial charge < -0.3 is 5.11 Å². The van der Waals surface area contributed by atoms with E-state index in [1.165, 1.54) is 12.0 Å². The van der Waals surface area contributed by atoms with Crippen LogP contribution in [0.25, 0.3) is 0 Å². The fourth-order valence-corrected chi connectivity index (χ4v) is 1.66. The second kappa shape index (κ2) is 2.24. The van der Waals surface area contributed by atoms with Crippen molar-refractivity contribution in [3.8, 4) is 0 Å². The molecule has 0 aromatic carbocycles. The highest BCUT2D eigenvalue weighted by Gasteiger charge is 2.37. The summed E-state index contributed by atoms with van der Waals surface area (Å²) in [5, 5.41) is 8.92. The van der Waals surface area contributed by atoms with E-state index in [4.69, 9.17) is 5.11 Å². The maximum atomic E-state index is 8.92. The van der Waals surface area contributed by atoms with Gasteiger partial charge in [0.1, 0.15) is 0 Å². The van der Waals surface area contributed by atoms with E-state index in [1.807, 2.05) is 0 Å². The number of hydrogen-bond acceptors (Lipinski definition) is 1. The minimum absolute atomic E-state index is 0.267. The topological polar surface area (TPSA) is 20.2 Å². The Kier molecular flexibility index (Phi) is 1.38. The molecule has 1 heteroatoms. The smallest absolute Gasteiger partial charge is 0.0644 e. The lowest BCUT2D eigenvalue weighted by Crippen LogP contribution is -1.92. The molecule has 0 radical (unpaired) electrons. The fourth-order valence-electron chi connectivity index (χ4n) is 1.66. The molecule has 0 amide bonds. The Morgan fingerprint density at radius 1 is 1.60 bits per heavy atom. The first-order valence-electron chi connectivity index (χ1n) is 3.88. The minimum Gasteiger partial charge on any atom is -0.392 e. The van der Waals surface area contributed by atoms with E-state index < -0.39 is 0 Å². The normalized spacial score (nSPS) is 36.3. The van der Waals surface area contributed by atoms with Gasteiger partial charge in [-0.05, 0) is 30.3 Å². The van der Waals surface area contributed by atoms with Gasteiger partial charge in [-0.25, -0.2) is 0 Å². The number of rotatable bonds is 1. The summed E-state index contributed by atoms with van der Waals surface area (Å²) >= 11 is 0. The van der Waals surface area contributed by atoms with E-state index in [-0.39, 0.29) is 6.61 Å². The molecule has 2 aliphatic rings. The molecule has 2 aliphatic carbocycles. The van der Waals surface area contributed by atoms with Gasteiger partial charge in [0.2, 0.25) is 0 Å². The van der Waals surface area contributed by atoms with Crippen LogP contribution >= 0.6 is 0 Å². The van der Waals surface area contributed by atoms with Crippen molar-refractivity contribution < 1.29 is 5.11 Å². The number of aliphatic hydroxyl groups excluding tert-OH is 1. The summed E-state index contributed by atoms with van der Waals surface area (Å²) in [6.45, 7) is 0.267. The van der Waals surface area contributed by atoms with Crippen molar-refractivity contribution in [2.24, 2.45) is 11.8 Å². The molecular weight excluding hydrogens is 124 g/mol. The summed E-state index contributed by atoms with van der Waals surface area (Å²) in [5.74, 6) is 1.46. The molecule has 1 N–H and O–H groups in total. The summed E-state index contributed by atoms with van der Waals surface area (Å²) in [4.78, 5) is 0. The second-order valence-corrected chi connectivity index (χ2v) is 3.11. The standard InChI is InChI=1S/C9H12O/c10-6-8-4-2-1-3-7-5-9(7)8/h1,3-4,7,9-10H,2,5-6H2. The van der Waals surface area contributed by atoms with Gasteiger partial charge in [0.25, 0.3) is 0 Å². The van der Waals surface area contributed by atoms with E-state index in [0.717, 1.165) is 12.3 Å². The molecule has 0 saturated heterocycles. The number of hydrogen-bond donors (Lipinski definition) is 1. The van der Waals surface area contributed by atoms with E-state index in [2.05, 4.69) is 18.2 Å². The van der Waals surface area contributed by atoms with Crippen LogP contribution in [0.15, 0.2) is 23.8 Å². The van der Waals surface area contributed by atoms with Gasteiger partial charge in [0.15, 0.2) is 0 Å². The Morgan fingerprint density at radius 2 is 2.50 bits per heavy atom. The van der Waals surface area contributed by atoms with Gasteiger partial charge in [0.05, 0.1) is 6.61 Å². The van der Waals surface area contributed by atoms with Gasteiger partial charge in [-0.1, -0.05) is 18.2 Å². The molecule has 2 atom stereocenters. The Balaban J connectivity index is 2.14. The Morgan fingerprint density at radius 3 is 3.30 bits per heavy atom. The molecular formula is C9H12O. The highest BCUT2D eigenvalue weighted by atomic mass is 16.3. The lowest BCUT2D eigenvalue weighted by Gasteiger charge is -1.97. The predicted molar refractivity (Wildman–Crippen MR) is 40.5 cm³/mol. The molecule has 54 valence electrons. The first-order valence-corrected chi connectivity index (χ1v) is 3.88. The van der Waals surface area contributed by atoms with E-state index in [0.29, 0.717) is 5.92 Å². The molecule has 1 saturated carbocycles. The summed E-state index contributed by atoms with van der Waals surface area (Å²) in [7, 11) is 0. The van der Waals surface area contributed by atoms with Crippen LogP contribution in [0.5, 0.6) is 0 Å². The molecule has 0 aromatic rings. The van der Waals surface area contributed by atoms with Crippen molar-refractivity contribution in [3.05, 3.63) is 23.8 Å². The minimum atomic E-state index is 0.267. The van der Waals surface area contributed by atoms with Crippen LogP contribution in [0.4, 0.5) is 0 Å². The van der Waals surface area contributed by atoms with Crippen LogP contribution in [0.3, 0.4) is 0 Å². The van der Waals surface area contributed by atoms with E-state index in [1.54, 1.807) is 0 Å². The molecule has 1 nitrogen and oxygen atoms in total. The maximum absolute atomic E-state index is 8.92. The SMILES string of the molecule is OCC1=CCC=CC2CC12. The van der Waals surface area contributed by atoms with Gasteiger partial charge in [-0.15, -0.1) is 0 Å². The first-order chi connectivity index (χ1) is 4.92. The Labute approximate surface area is 61.1 Å². The van der Waals surface area contributed by atoms with Gasteiger partial charge in [-0.2, -0.15) is 0 Å². The molecule has 0 aliphatic heterocycles. The summed E-state index contributed by atoms with van der Waals surface area (Å²) in [6, 6.07) is 0. The fraction of sp³-hybridized carbons (Fsp3) is 0.556. The average molecular weight is 136 g/mol. The zero-order valence-corrected chi connectivity index (χ0v) is 5.96. The molecule has 0 heterocycles. The summed E-state index contributed by atoms with van der Waals surface area (Å²) in [5.41, 5.74) is 1.26. The van der Waals surface area contributed by atoms with Gasteiger partial charge in [0, 0.05) is 0 Å². The lowest BCUT2D eigenvalue weighted by atomic mass is 10.1. The van der Waals surface area contributed by atoms with Crippen LogP contribution < -0.4 is 0 Å². The zero-order valence-electron chi connectivity index (χ0n) is 5.96. The van der Waals surface area contributed by atoms with Crippen molar-refractivity contribution in [1.82, 2.24) is 0 Å². The Bertz CT molecular complexity index is 191. The number of fused-ring (bicyclic) bond motifs is 1. The Hall–Kier alpha value is -0.560. The van der Waals surface area contributed by atoms with Crippen LogP contribution in [0.2, 0.25) is 0 Å². The maximum Gasteiger partial charge on any atom is 0.0644 e. The van der Waals surface area contributed by atoms with Crippen LogP contribution in [-0.4, -0.2) is 11.7 Å². The average Bonchev–Trinajstić information content (AvgIpc) is 2.63. The highest BCUT2D eigenvalue weighted by molar-refractivity contribution is 5.24. The highest BCUT2D eigenvalue weighted by Crippen LogP contribution is 2.46. The molecule has 1 fully saturated rings. The molecule has 0 bridgehead atoms. The summed E-state index contributed by atoms with van der Waals surface area (Å²) in [6.07, 6.45) is 8.93. The van der Waals surface area contributed by atoms with Crippen molar-refractivity contribution in [2.75, 3.05) is 6.61 Å². The third kappa shape index (κ3) is 0.907. The molecule has 0 aromatic heterocycles. The second-order valence-electron chi connectivity index (χ2n) is 3.11. The first kappa shape index (κ1) is 6.17. The largest absolute Gasteiger partial charge is 0.392 e. The number of allylic oxidation sites excluding steroid dienone is 3. The van der Waals surface area contributed by atoms with Gasteiger partial charge in [-0.3, -0.25) is 0 Å². The number of aliphatic hydroxyl groups is 1. The molecule has 0 spiro atoms. The third-order valence-electron chi connectivity index (χ3n) is 2.40. The zero-order chi connectivity index (χ0) is 6.97. The molecule has 2 unspecified atom stereocenters. The van der Waals surface area contributed by atoms with E-state index >= 15 is 0 Å². The van der Waals surface area contributed by atoms with E-state index in [9.17, 15) is 0 Å². The van der Waals surface area contributed by atoms with Crippen LogP contribution in [0, 0.1) is 11.8 Å². The van der Waals surface area contributed by atoms with Gasteiger partial charge >= 0.3 is 0 Å². The van der Waals surface area contributed by atoms with Crippen molar-refractivity contribution in [2.45, 2.75) is 12.8 Å². The monoisotopic (exact) mass is 136 g/mol. The quantitative estimate of drug-likeness (QED) is 0.542. The lowest BCUT2D eigenvalue weighted by molar-refractivity contribution is 0.323. The van der Waals surface area contributed by atoms with Crippen molar-refractivity contribution in [1.29, 1.82) is 0 Å². The van der Waals surface area contributed by atoms with Crippen molar-refractivity contribution in [3.63, 3.8) is 0 Å². The third-order valence-corrected chi connectivity index (χ3v) is 2.40. The molecule has 10 heavy (non-hydrogen) atoms. The molecule has 2 rings (SSSR count). The van der Waals surface area contributed by atoms with Crippen LogP contribution in [0.1, 0.15) is 12.8 Å². The predicted octanol–water partition coefficient (Wildman–Crippen LogP) is 1.50.